The number of hydrogen-bond donors (Lipinski definition) is 2. The van der Waals surface area contributed by atoms with Gasteiger partial charge in [-0.15, -0.1) is 0 Å². The van der Waals surface area contributed by atoms with Crippen LogP contribution in [0.25, 0.3) is 0 Å². The molecule has 1 heterocycles. The van der Waals surface area contributed by atoms with E-state index < -0.39 is 5.97 Å². The molecular weight excluding hydrogens is 220 g/mol. The van der Waals surface area contributed by atoms with Gasteiger partial charge in [0, 0.05) is 25.6 Å². The highest BCUT2D eigenvalue weighted by atomic mass is 16.4. The summed E-state index contributed by atoms with van der Waals surface area (Å²) in [5.74, 6) is -0.932. The number of aliphatic carboxylic acids is 1. The number of nitrogens with zero attached hydrogens (tertiary/aromatic N) is 1. The first kappa shape index (κ1) is 14.0. The molecule has 1 rings (SSSR count). The minimum absolute atomic E-state index is 0.00808. The SMILES string of the molecule is CC1CCCCN1CCC(=O)NCCC(=O)O. The van der Waals surface area contributed by atoms with Crippen LogP contribution in [0.15, 0.2) is 0 Å². The number of nitrogens with one attached hydrogen (secondary N) is 1. The predicted molar refractivity (Wildman–Crippen MR) is 64.8 cm³/mol. The van der Waals surface area contributed by atoms with E-state index in [1.165, 1.54) is 19.3 Å². The fourth-order valence-electron chi connectivity index (χ4n) is 2.13. The number of carbonyl (C=O) groups is 2. The second-order valence-electron chi connectivity index (χ2n) is 4.62. The average molecular weight is 242 g/mol. The first-order chi connectivity index (χ1) is 8.09. The number of amides is 1. The van der Waals surface area contributed by atoms with E-state index in [4.69, 9.17) is 5.11 Å². The number of likely N-dealkylation sites (tertiary alicyclic amines) is 1. The van der Waals surface area contributed by atoms with Crippen LogP contribution in [0.3, 0.4) is 0 Å². The Kier molecular flexibility index (Phi) is 5.97. The van der Waals surface area contributed by atoms with Crippen molar-refractivity contribution in [3.63, 3.8) is 0 Å². The Labute approximate surface area is 102 Å². The van der Waals surface area contributed by atoms with Gasteiger partial charge in [0.15, 0.2) is 0 Å². The Hall–Kier alpha value is -1.10. The van der Waals surface area contributed by atoms with Crippen LogP contribution >= 0.6 is 0 Å². The maximum atomic E-state index is 11.4. The lowest BCUT2D eigenvalue weighted by atomic mass is 10.0. The molecule has 1 saturated heterocycles. The van der Waals surface area contributed by atoms with E-state index in [-0.39, 0.29) is 18.9 Å². The maximum Gasteiger partial charge on any atom is 0.305 e. The van der Waals surface area contributed by atoms with Gasteiger partial charge in [-0.05, 0) is 26.3 Å². The van der Waals surface area contributed by atoms with Crippen molar-refractivity contribution in [1.29, 1.82) is 0 Å². The average Bonchev–Trinajstić information content (AvgIpc) is 2.27. The molecule has 0 aromatic rings. The molecule has 1 atom stereocenters. The van der Waals surface area contributed by atoms with E-state index in [9.17, 15) is 9.59 Å². The number of carboxylic acids is 1. The highest BCUT2D eigenvalue weighted by Gasteiger charge is 2.18. The van der Waals surface area contributed by atoms with Crippen molar-refractivity contribution in [3.8, 4) is 0 Å². The summed E-state index contributed by atoms with van der Waals surface area (Å²) in [6, 6.07) is 0.565. The third-order valence-corrected chi connectivity index (χ3v) is 3.23. The minimum atomic E-state index is -0.880. The maximum absolute atomic E-state index is 11.4. The van der Waals surface area contributed by atoms with Crippen LogP contribution in [-0.2, 0) is 9.59 Å². The van der Waals surface area contributed by atoms with Gasteiger partial charge in [0.2, 0.25) is 5.91 Å². The van der Waals surface area contributed by atoms with Crippen molar-refractivity contribution in [1.82, 2.24) is 10.2 Å². The van der Waals surface area contributed by atoms with Gasteiger partial charge in [-0.25, -0.2) is 0 Å². The molecule has 2 N–H and O–H groups in total. The quantitative estimate of drug-likeness (QED) is 0.724. The Morgan fingerprint density at radius 3 is 2.76 bits per heavy atom. The molecule has 0 saturated carbocycles. The Morgan fingerprint density at radius 2 is 2.12 bits per heavy atom. The number of hydrogen-bond acceptors (Lipinski definition) is 3. The van der Waals surface area contributed by atoms with Crippen molar-refractivity contribution in [2.75, 3.05) is 19.6 Å². The van der Waals surface area contributed by atoms with Crippen molar-refractivity contribution < 1.29 is 14.7 Å². The molecule has 0 aliphatic carbocycles. The molecule has 1 unspecified atom stereocenters. The minimum Gasteiger partial charge on any atom is -0.481 e. The molecule has 0 aromatic heterocycles. The molecule has 98 valence electrons. The normalized spacial score (nSPS) is 21.1. The molecule has 1 aliphatic heterocycles. The zero-order valence-electron chi connectivity index (χ0n) is 10.4. The summed E-state index contributed by atoms with van der Waals surface area (Å²) in [5, 5.41) is 11.1. The predicted octanol–water partition coefficient (Wildman–Crippen LogP) is 0.842. The van der Waals surface area contributed by atoms with Gasteiger partial charge < -0.3 is 15.3 Å². The number of carboxylic acid groups (broad SMARTS) is 1. The van der Waals surface area contributed by atoms with Crippen LogP contribution < -0.4 is 5.32 Å². The zero-order valence-corrected chi connectivity index (χ0v) is 10.4. The lowest BCUT2D eigenvalue weighted by molar-refractivity contribution is -0.136. The van der Waals surface area contributed by atoms with Crippen LogP contribution in [0.4, 0.5) is 0 Å². The van der Waals surface area contributed by atoms with Crippen LogP contribution in [0.2, 0.25) is 0 Å². The van der Waals surface area contributed by atoms with E-state index in [2.05, 4.69) is 17.1 Å². The van der Waals surface area contributed by atoms with Crippen LogP contribution in [0.5, 0.6) is 0 Å². The Morgan fingerprint density at radius 1 is 1.35 bits per heavy atom. The molecule has 0 bridgehead atoms. The van der Waals surface area contributed by atoms with Gasteiger partial charge in [-0.3, -0.25) is 9.59 Å². The standard InChI is InChI=1S/C12H22N2O3/c1-10-4-2-3-8-14(10)9-6-11(15)13-7-5-12(16)17/h10H,2-9H2,1H3,(H,13,15)(H,16,17). The van der Waals surface area contributed by atoms with Gasteiger partial charge >= 0.3 is 5.97 Å². The summed E-state index contributed by atoms with van der Waals surface area (Å²) in [4.78, 5) is 24.0. The van der Waals surface area contributed by atoms with E-state index in [0.717, 1.165) is 13.1 Å². The molecule has 0 spiro atoms. The number of rotatable bonds is 6. The highest BCUT2D eigenvalue weighted by molar-refractivity contribution is 5.76. The molecule has 0 aromatic carbocycles. The van der Waals surface area contributed by atoms with Crippen molar-refractivity contribution in [2.24, 2.45) is 0 Å². The topological polar surface area (TPSA) is 69.6 Å². The molecule has 1 amide bonds. The van der Waals surface area contributed by atoms with Gasteiger partial charge in [0.1, 0.15) is 0 Å². The van der Waals surface area contributed by atoms with Crippen molar-refractivity contribution >= 4 is 11.9 Å². The fraction of sp³-hybridized carbons (Fsp3) is 0.833. The summed E-state index contributed by atoms with van der Waals surface area (Å²) in [6.07, 6.45) is 4.16. The van der Waals surface area contributed by atoms with Crippen molar-refractivity contribution in [2.45, 2.75) is 45.1 Å². The first-order valence-corrected chi connectivity index (χ1v) is 6.32. The fourth-order valence-corrected chi connectivity index (χ4v) is 2.13. The summed E-state index contributed by atoms with van der Waals surface area (Å²) >= 11 is 0. The molecular formula is C12H22N2O3. The van der Waals surface area contributed by atoms with Crippen molar-refractivity contribution in [3.05, 3.63) is 0 Å². The molecule has 17 heavy (non-hydrogen) atoms. The molecule has 0 radical (unpaired) electrons. The summed E-state index contributed by atoms with van der Waals surface area (Å²) in [7, 11) is 0. The molecule has 5 heteroatoms. The summed E-state index contributed by atoms with van der Waals surface area (Å²) < 4.78 is 0. The number of carbonyl (C=O) groups excluding carboxylic acids is 1. The lowest BCUT2D eigenvalue weighted by Crippen LogP contribution is -2.40. The summed E-state index contributed by atoms with van der Waals surface area (Å²) in [5.41, 5.74) is 0. The third-order valence-electron chi connectivity index (χ3n) is 3.23. The summed E-state index contributed by atoms with van der Waals surface area (Å²) in [6.45, 7) is 4.27. The van der Waals surface area contributed by atoms with Crippen LogP contribution in [-0.4, -0.2) is 47.6 Å². The second kappa shape index (κ2) is 7.27. The Bertz CT molecular complexity index is 268. The first-order valence-electron chi connectivity index (χ1n) is 6.32. The van der Waals surface area contributed by atoms with E-state index in [1.807, 2.05) is 0 Å². The van der Waals surface area contributed by atoms with Crippen LogP contribution in [0.1, 0.15) is 39.0 Å². The van der Waals surface area contributed by atoms with E-state index >= 15 is 0 Å². The van der Waals surface area contributed by atoms with Crippen LogP contribution in [0, 0.1) is 0 Å². The van der Waals surface area contributed by atoms with E-state index in [0.29, 0.717) is 12.5 Å². The third kappa shape index (κ3) is 5.68. The smallest absolute Gasteiger partial charge is 0.305 e. The van der Waals surface area contributed by atoms with Gasteiger partial charge in [0.05, 0.1) is 6.42 Å². The lowest BCUT2D eigenvalue weighted by Gasteiger charge is -2.33. The van der Waals surface area contributed by atoms with Gasteiger partial charge in [0.25, 0.3) is 0 Å². The largest absolute Gasteiger partial charge is 0.481 e. The second-order valence-corrected chi connectivity index (χ2v) is 4.62. The molecule has 1 fully saturated rings. The number of piperidine rings is 1. The van der Waals surface area contributed by atoms with E-state index in [1.54, 1.807) is 0 Å². The zero-order chi connectivity index (χ0) is 12.7. The van der Waals surface area contributed by atoms with Gasteiger partial charge in [-0.2, -0.15) is 0 Å². The molecule has 5 nitrogen and oxygen atoms in total. The molecule has 1 aliphatic rings. The van der Waals surface area contributed by atoms with Gasteiger partial charge in [-0.1, -0.05) is 6.42 Å². The Balaban J connectivity index is 2.12. The monoisotopic (exact) mass is 242 g/mol. The highest BCUT2D eigenvalue weighted by Crippen LogP contribution is 2.16.